The molecule has 1 aromatic rings. The molecule has 3 nitrogen and oxygen atoms in total. The van der Waals surface area contributed by atoms with Gasteiger partial charge in [0.25, 0.3) is 0 Å². The van der Waals surface area contributed by atoms with E-state index in [0.717, 1.165) is 37.9 Å². The number of carbonyl (C=O) groups excluding carboxylic acids is 1. The Morgan fingerprint density at radius 1 is 1.33 bits per heavy atom. The van der Waals surface area contributed by atoms with Gasteiger partial charge < -0.3 is 9.47 Å². The van der Waals surface area contributed by atoms with E-state index in [1.807, 2.05) is 0 Å². The SMILES string of the molecule is CC[C@@]12CCC3=C(Cc4cc(OC)ccc43)C1=CC[C@H]2OC(C)=O. The molecule has 0 spiro atoms. The number of carbonyl (C=O) groups is 1. The molecule has 2 atom stereocenters. The standard InChI is InChI=1S/C21H24O3/c1-4-21-10-9-17-16-6-5-15(23-3)11-14(16)12-18(17)19(21)7-8-20(21)24-13(2)22/h5-7,11,20H,4,8-10,12H2,1-3H3/t20-,21-/m1/s1. The van der Waals surface area contributed by atoms with Crippen molar-refractivity contribution < 1.29 is 14.3 Å². The Morgan fingerprint density at radius 2 is 2.17 bits per heavy atom. The van der Waals surface area contributed by atoms with Gasteiger partial charge in [0.2, 0.25) is 0 Å². The van der Waals surface area contributed by atoms with Crippen LogP contribution in [0.4, 0.5) is 0 Å². The third kappa shape index (κ3) is 2.07. The molecule has 0 bridgehead atoms. The van der Waals surface area contributed by atoms with Gasteiger partial charge in [-0.05, 0) is 65.7 Å². The van der Waals surface area contributed by atoms with Crippen molar-refractivity contribution in [3.05, 3.63) is 46.5 Å². The number of methoxy groups -OCH3 is 1. The summed E-state index contributed by atoms with van der Waals surface area (Å²) < 4.78 is 11.1. The van der Waals surface area contributed by atoms with E-state index in [1.54, 1.807) is 7.11 Å². The highest BCUT2D eigenvalue weighted by atomic mass is 16.5. The molecule has 0 saturated heterocycles. The van der Waals surface area contributed by atoms with Crippen molar-refractivity contribution in [1.29, 1.82) is 0 Å². The Hall–Kier alpha value is -2.03. The lowest BCUT2D eigenvalue weighted by Gasteiger charge is -2.41. The molecule has 0 N–H and O–H groups in total. The van der Waals surface area contributed by atoms with Gasteiger partial charge in [0.05, 0.1) is 7.11 Å². The maximum Gasteiger partial charge on any atom is 0.302 e. The topological polar surface area (TPSA) is 35.5 Å². The Bertz CT molecular complexity index is 771. The van der Waals surface area contributed by atoms with Crippen LogP contribution in [0.1, 0.15) is 50.7 Å². The van der Waals surface area contributed by atoms with Crippen LogP contribution in [0.25, 0.3) is 5.57 Å². The van der Waals surface area contributed by atoms with E-state index in [-0.39, 0.29) is 17.5 Å². The minimum Gasteiger partial charge on any atom is -0.497 e. The number of allylic oxidation sites excluding steroid dienone is 2. The van der Waals surface area contributed by atoms with Gasteiger partial charge in [0.1, 0.15) is 11.9 Å². The summed E-state index contributed by atoms with van der Waals surface area (Å²) >= 11 is 0. The van der Waals surface area contributed by atoms with E-state index in [2.05, 4.69) is 31.2 Å². The van der Waals surface area contributed by atoms with Crippen LogP contribution in [0, 0.1) is 5.41 Å². The first-order valence-corrected chi connectivity index (χ1v) is 8.86. The molecule has 0 aromatic heterocycles. The van der Waals surface area contributed by atoms with Gasteiger partial charge in [0, 0.05) is 18.8 Å². The van der Waals surface area contributed by atoms with Crippen LogP contribution in [0.15, 0.2) is 35.4 Å². The molecule has 24 heavy (non-hydrogen) atoms. The lowest BCUT2D eigenvalue weighted by Crippen LogP contribution is -2.38. The summed E-state index contributed by atoms with van der Waals surface area (Å²) in [4.78, 5) is 11.5. The summed E-state index contributed by atoms with van der Waals surface area (Å²) in [5.74, 6) is 0.759. The number of esters is 1. The van der Waals surface area contributed by atoms with Gasteiger partial charge in [-0.15, -0.1) is 0 Å². The fourth-order valence-electron chi connectivity index (χ4n) is 4.99. The van der Waals surface area contributed by atoms with Crippen LogP contribution in [-0.4, -0.2) is 19.2 Å². The third-order valence-corrected chi connectivity index (χ3v) is 6.14. The zero-order chi connectivity index (χ0) is 16.9. The number of benzene rings is 1. The molecule has 126 valence electrons. The van der Waals surface area contributed by atoms with Crippen LogP contribution >= 0.6 is 0 Å². The highest BCUT2D eigenvalue weighted by molar-refractivity contribution is 5.82. The summed E-state index contributed by atoms with van der Waals surface area (Å²) in [7, 11) is 1.72. The minimum absolute atomic E-state index is 0.00213. The summed E-state index contributed by atoms with van der Waals surface area (Å²) in [5, 5.41) is 0. The van der Waals surface area contributed by atoms with Crippen molar-refractivity contribution in [3.63, 3.8) is 0 Å². The number of hydrogen-bond acceptors (Lipinski definition) is 3. The Morgan fingerprint density at radius 3 is 2.88 bits per heavy atom. The van der Waals surface area contributed by atoms with Crippen LogP contribution in [-0.2, 0) is 16.0 Å². The highest BCUT2D eigenvalue weighted by Crippen LogP contribution is 2.58. The molecule has 0 amide bonds. The second-order valence-corrected chi connectivity index (χ2v) is 7.12. The summed E-state index contributed by atoms with van der Waals surface area (Å²) in [6.07, 6.45) is 7.31. The van der Waals surface area contributed by atoms with Gasteiger partial charge >= 0.3 is 5.97 Å². The predicted octanol–water partition coefficient (Wildman–Crippen LogP) is 4.46. The summed E-state index contributed by atoms with van der Waals surface area (Å²) in [6.45, 7) is 3.75. The van der Waals surface area contributed by atoms with Gasteiger partial charge in [-0.25, -0.2) is 0 Å². The zero-order valence-electron chi connectivity index (χ0n) is 14.6. The lowest BCUT2D eigenvalue weighted by molar-refractivity contribution is -0.151. The molecule has 0 aliphatic heterocycles. The quantitative estimate of drug-likeness (QED) is 0.770. The van der Waals surface area contributed by atoms with Crippen LogP contribution in [0.3, 0.4) is 0 Å². The fraction of sp³-hybridized carbons (Fsp3) is 0.476. The first kappa shape index (κ1) is 15.5. The molecule has 0 unspecified atom stereocenters. The Balaban J connectivity index is 1.72. The molecular weight excluding hydrogens is 300 g/mol. The molecule has 3 aliphatic carbocycles. The lowest BCUT2D eigenvalue weighted by atomic mass is 9.66. The van der Waals surface area contributed by atoms with Gasteiger partial charge in [0.15, 0.2) is 0 Å². The highest BCUT2D eigenvalue weighted by Gasteiger charge is 2.50. The first-order chi connectivity index (χ1) is 11.6. The number of hydrogen-bond donors (Lipinski definition) is 0. The molecule has 4 rings (SSSR count). The van der Waals surface area contributed by atoms with Crippen molar-refractivity contribution in [2.75, 3.05) is 7.11 Å². The maximum atomic E-state index is 11.5. The first-order valence-electron chi connectivity index (χ1n) is 8.86. The second kappa shape index (κ2) is 5.51. The van der Waals surface area contributed by atoms with Crippen molar-refractivity contribution >= 4 is 11.5 Å². The Kier molecular flexibility index (Phi) is 3.56. The normalized spacial score (nSPS) is 27.3. The molecule has 0 heterocycles. The molecular formula is C21H24O3. The second-order valence-electron chi connectivity index (χ2n) is 7.12. The van der Waals surface area contributed by atoms with Crippen molar-refractivity contribution in [2.24, 2.45) is 5.41 Å². The van der Waals surface area contributed by atoms with Gasteiger partial charge in [-0.2, -0.15) is 0 Å². The zero-order valence-corrected chi connectivity index (χ0v) is 14.6. The number of ether oxygens (including phenoxy) is 2. The molecule has 1 aromatic carbocycles. The fourth-order valence-corrected chi connectivity index (χ4v) is 4.99. The average Bonchev–Trinajstić information content (AvgIpc) is 3.12. The van der Waals surface area contributed by atoms with E-state index >= 15 is 0 Å². The van der Waals surface area contributed by atoms with E-state index in [1.165, 1.54) is 34.8 Å². The molecule has 0 radical (unpaired) electrons. The number of fused-ring (bicyclic) bond motifs is 4. The monoisotopic (exact) mass is 324 g/mol. The minimum atomic E-state index is -0.165. The van der Waals surface area contributed by atoms with Crippen LogP contribution in [0.2, 0.25) is 0 Å². The smallest absolute Gasteiger partial charge is 0.302 e. The third-order valence-electron chi connectivity index (χ3n) is 6.14. The molecule has 3 heteroatoms. The van der Waals surface area contributed by atoms with Crippen LogP contribution in [0.5, 0.6) is 5.75 Å². The molecule has 0 saturated carbocycles. The largest absolute Gasteiger partial charge is 0.497 e. The van der Waals surface area contributed by atoms with E-state index in [9.17, 15) is 4.79 Å². The number of rotatable bonds is 3. The predicted molar refractivity (Wildman–Crippen MR) is 93.8 cm³/mol. The van der Waals surface area contributed by atoms with Gasteiger partial charge in [-0.1, -0.05) is 19.1 Å². The van der Waals surface area contributed by atoms with Crippen molar-refractivity contribution in [2.45, 2.75) is 52.1 Å². The van der Waals surface area contributed by atoms with E-state index in [0.29, 0.717) is 0 Å². The average molecular weight is 324 g/mol. The summed E-state index contributed by atoms with van der Waals surface area (Å²) in [6, 6.07) is 6.43. The molecule has 3 aliphatic rings. The van der Waals surface area contributed by atoms with Gasteiger partial charge in [-0.3, -0.25) is 4.79 Å². The Labute approximate surface area is 143 Å². The van der Waals surface area contributed by atoms with Crippen molar-refractivity contribution in [1.82, 2.24) is 0 Å². The summed E-state index contributed by atoms with van der Waals surface area (Å²) in [5.41, 5.74) is 7.16. The maximum absolute atomic E-state index is 11.5. The van der Waals surface area contributed by atoms with E-state index < -0.39 is 0 Å². The van der Waals surface area contributed by atoms with E-state index in [4.69, 9.17) is 9.47 Å². The molecule has 0 fully saturated rings. The van der Waals surface area contributed by atoms with Crippen molar-refractivity contribution in [3.8, 4) is 5.75 Å². The van der Waals surface area contributed by atoms with Crippen LogP contribution < -0.4 is 4.74 Å².